The van der Waals surface area contributed by atoms with Crippen LogP contribution in [0.3, 0.4) is 0 Å². The number of fused-ring (bicyclic) bond motifs is 1. The van der Waals surface area contributed by atoms with Crippen molar-refractivity contribution in [1.82, 2.24) is 9.88 Å². The van der Waals surface area contributed by atoms with Crippen LogP contribution in [-0.2, 0) is 0 Å². The molecule has 4 nitrogen and oxygen atoms in total. The summed E-state index contributed by atoms with van der Waals surface area (Å²) in [5.41, 5.74) is 6.97. The fourth-order valence-electron chi connectivity index (χ4n) is 3.02. The standard InChI is InChI=1S/C13H20N4/c14-13-9-11(4-5-15-13)17-8-7-16-6-2-1-3-12(16)10-17/h4-5,9,12H,1-3,6-8,10H2,(H2,14,15). The highest BCUT2D eigenvalue weighted by Crippen LogP contribution is 2.25. The number of anilines is 2. The molecule has 0 aromatic carbocycles. The van der Waals surface area contributed by atoms with Crippen molar-refractivity contribution >= 4 is 11.5 Å². The van der Waals surface area contributed by atoms with Crippen LogP contribution in [0.15, 0.2) is 18.3 Å². The van der Waals surface area contributed by atoms with Gasteiger partial charge in [-0.2, -0.15) is 0 Å². The third-order valence-corrected chi connectivity index (χ3v) is 3.97. The van der Waals surface area contributed by atoms with Gasteiger partial charge < -0.3 is 10.6 Å². The van der Waals surface area contributed by atoms with Gasteiger partial charge in [0.15, 0.2) is 0 Å². The van der Waals surface area contributed by atoms with Gasteiger partial charge in [-0.1, -0.05) is 6.42 Å². The molecule has 4 heteroatoms. The zero-order valence-electron chi connectivity index (χ0n) is 10.2. The van der Waals surface area contributed by atoms with E-state index in [0.717, 1.165) is 19.1 Å². The Morgan fingerprint density at radius 3 is 3.06 bits per heavy atom. The van der Waals surface area contributed by atoms with Gasteiger partial charge in [0, 0.05) is 43.6 Å². The predicted molar refractivity (Wildman–Crippen MR) is 70.1 cm³/mol. The van der Waals surface area contributed by atoms with E-state index in [0.29, 0.717) is 5.82 Å². The third kappa shape index (κ3) is 2.22. The Kier molecular flexibility index (Phi) is 2.89. The summed E-state index contributed by atoms with van der Waals surface area (Å²) in [5.74, 6) is 0.619. The van der Waals surface area contributed by atoms with Crippen LogP contribution in [0.25, 0.3) is 0 Å². The molecule has 1 aromatic heterocycles. The lowest BCUT2D eigenvalue weighted by molar-refractivity contribution is 0.133. The Balaban J connectivity index is 1.73. The van der Waals surface area contributed by atoms with Gasteiger partial charge >= 0.3 is 0 Å². The quantitative estimate of drug-likeness (QED) is 0.793. The van der Waals surface area contributed by atoms with Crippen LogP contribution in [0.2, 0.25) is 0 Å². The molecule has 17 heavy (non-hydrogen) atoms. The van der Waals surface area contributed by atoms with E-state index < -0.39 is 0 Å². The average molecular weight is 232 g/mol. The molecule has 2 aliphatic rings. The van der Waals surface area contributed by atoms with Crippen LogP contribution in [0.5, 0.6) is 0 Å². The third-order valence-electron chi connectivity index (χ3n) is 3.97. The Labute approximate surface area is 102 Å². The Morgan fingerprint density at radius 2 is 2.18 bits per heavy atom. The predicted octanol–water partition coefficient (Wildman–Crippen LogP) is 1.34. The molecule has 0 amide bonds. The summed E-state index contributed by atoms with van der Waals surface area (Å²) in [7, 11) is 0. The van der Waals surface area contributed by atoms with Crippen molar-refractivity contribution in [3.8, 4) is 0 Å². The van der Waals surface area contributed by atoms with Gasteiger partial charge in [0.25, 0.3) is 0 Å². The second kappa shape index (κ2) is 4.53. The first-order valence-electron chi connectivity index (χ1n) is 6.53. The van der Waals surface area contributed by atoms with Crippen molar-refractivity contribution < 1.29 is 0 Å². The highest BCUT2D eigenvalue weighted by Gasteiger charge is 2.28. The van der Waals surface area contributed by atoms with Gasteiger partial charge in [0.1, 0.15) is 5.82 Å². The first kappa shape index (κ1) is 10.8. The maximum Gasteiger partial charge on any atom is 0.125 e. The number of hydrogen-bond donors (Lipinski definition) is 1. The molecular formula is C13H20N4. The maximum absolute atomic E-state index is 5.75. The molecule has 0 spiro atoms. The molecule has 0 aliphatic carbocycles. The number of nitrogens with two attached hydrogens (primary N) is 1. The van der Waals surface area contributed by atoms with Crippen LogP contribution in [-0.4, -0.2) is 42.1 Å². The minimum absolute atomic E-state index is 0.619. The molecule has 1 atom stereocenters. The fraction of sp³-hybridized carbons (Fsp3) is 0.615. The van der Waals surface area contributed by atoms with Gasteiger partial charge in [0.2, 0.25) is 0 Å². The van der Waals surface area contributed by atoms with Crippen molar-refractivity contribution in [2.75, 3.05) is 36.8 Å². The van der Waals surface area contributed by atoms with E-state index in [9.17, 15) is 0 Å². The first-order chi connectivity index (χ1) is 8.33. The fourth-order valence-corrected chi connectivity index (χ4v) is 3.02. The number of piperidine rings is 1. The number of nitrogens with zero attached hydrogens (tertiary/aromatic N) is 3. The minimum atomic E-state index is 0.619. The molecule has 2 aliphatic heterocycles. The zero-order chi connectivity index (χ0) is 11.7. The largest absolute Gasteiger partial charge is 0.384 e. The van der Waals surface area contributed by atoms with E-state index in [2.05, 4.69) is 20.9 Å². The van der Waals surface area contributed by atoms with Gasteiger partial charge in [0.05, 0.1) is 0 Å². The summed E-state index contributed by atoms with van der Waals surface area (Å²) in [4.78, 5) is 9.15. The summed E-state index contributed by atoms with van der Waals surface area (Å²) in [6, 6.07) is 4.79. The van der Waals surface area contributed by atoms with Gasteiger partial charge in [-0.3, -0.25) is 4.90 Å². The first-order valence-corrected chi connectivity index (χ1v) is 6.53. The molecule has 2 saturated heterocycles. The van der Waals surface area contributed by atoms with Crippen molar-refractivity contribution in [3.05, 3.63) is 18.3 Å². The van der Waals surface area contributed by atoms with E-state index in [1.807, 2.05) is 6.07 Å². The molecule has 0 radical (unpaired) electrons. The lowest BCUT2D eigenvalue weighted by Gasteiger charge is -2.44. The van der Waals surface area contributed by atoms with Crippen LogP contribution in [0, 0.1) is 0 Å². The maximum atomic E-state index is 5.75. The highest BCUT2D eigenvalue weighted by molar-refractivity contribution is 5.52. The number of nitrogen functional groups attached to an aromatic ring is 1. The minimum Gasteiger partial charge on any atom is -0.384 e. The van der Waals surface area contributed by atoms with Crippen molar-refractivity contribution in [1.29, 1.82) is 0 Å². The molecular weight excluding hydrogens is 212 g/mol. The molecule has 3 rings (SSSR count). The number of pyridine rings is 1. The molecule has 1 unspecified atom stereocenters. The number of aromatic nitrogens is 1. The van der Waals surface area contributed by atoms with Crippen LogP contribution in [0.4, 0.5) is 11.5 Å². The lowest BCUT2D eigenvalue weighted by atomic mass is 9.99. The van der Waals surface area contributed by atoms with Crippen LogP contribution < -0.4 is 10.6 Å². The van der Waals surface area contributed by atoms with Gasteiger partial charge in [-0.05, 0) is 25.5 Å². The lowest BCUT2D eigenvalue weighted by Crippen LogP contribution is -2.54. The van der Waals surface area contributed by atoms with Crippen LogP contribution in [0.1, 0.15) is 19.3 Å². The summed E-state index contributed by atoms with van der Waals surface area (Å²) >= 11 is 0. The Hall–Kier alpha value is -1.29. The molecule has 2 fully saturated rings. The number of piperazine rings is 1. The van der Waals surface area contributed by atoms with E-state index in [1.54, 1.807) is 6.20 Å². The molecule has 0 bridgehead atoms. The van der Waals surface area contributed by atoms with Crippen molar-refractivity contribution in [3.63, 3.8) is 0 Å². The average Bonchev–Trinajstić information content (AvgIpc) is 2.38. The normalized spacial score (nSPS) is 25.6. The second-order valence-corrected chi connectivity index (χ2v) is 5.07. The summed E-state index contributed by atoms with van der Waals surface area (Å²) in [6.45, 7) is 4.73. The summed E-state index contributed by atoms with van der Waals surface area (Å²) in [6.07, 6.45) is 5.90. The van der Waals surface area contributed by atoms with Crippen LogP contribution >= 0.6 is 0 Å². The molecule has 0 saturated carbocycles. The van der Waals surface area contributed by atoms with Crippen molar-refractivity contribution in [2.45, 2.75) is 25.3 Å². The van der Waals surface area contributed by atoms with Crippen molar-refractivity contribution in [2.24, 2.45) is 0 Å². The van der Waals surface area contributed by atoms with E-state index in [4.69, 9.17) is 5.73 Å². The van der Waals surface area contributed by atoms with E-state index in [-0.39, 0.29) is 0 Å². The van der Waals surface area contributed by atoms with E-state index in [1.165, 1.54) is 38.0 Å². The topological polar surface area (TPSA) is 45.4 Å². The molecule has 1 aromatic rings. The SMILES string of the molecule is Nc1cc(N2CCN3CCCCC3C2)ccn1. The van der Waals surface area contributed by atoms with Gasteiger partial charge in [-0.15, -0.1) is 0 Å². The Bertz CT molecular complexity index is 393. The highest BCUT2D eigenvalue weighted by atomic mass is 15.3. The molecule has 2 N–H and O–H groups in total. The Morgan fingerprint density at radius 1 is 1.24 bits per heavy atom. The number of rotatable bonds is 1. The monoisotopic (exact) mass is 232 g/mol. The summed E-state index contributed by atoms with van der Waals surface area (Å²) in [5, 5.41) is 0. The molecule has 92 valence electrons. The van der Waals surface area contributed by atoms with E-state index >= 15 is 0 Å². The zero-order valence-corrected chi connectivity index (χ0v) is 10.2. The molecule has 3 heterocycles. The smallest absolute Gasteiger partial charge is 0.125 e. The number of hydrogen-bond acceptors (Lipinski definition) is 4. The summed E-state index contributed by atoms with van der Waals surface area (Å²) < 4.78 is 0. The second-order valence-electron chi connectivity index (χ2n) is 5.07. The van der Waals surface area contributed by atoms with Gasteiger partial charge in [-0.25, -0.2) is 4.98 Å².